The van der Waals surface area contributed by atoms with Gasteiger partial charge in [-0.15, -0.1) is 0 Å². The van der Waals surface area contributed by atoms with Crippen LogP contribution in [0.25, 0.3) is 6.08 Å². The largest absolute Gasteiger partial charge is 0.480 e. The van der Waals surface area contributed by atoms with Crippen molar-refractivity contribution in [3.63, 3.8) is 0 Å². The second-order valence-corrected chi connectivity index (χ2v) is 5.58. The summed E-state index contributed by atoms with van der Waals surface area (Å²) >= 11 is 0. The van der Waals surface area contributed by atoms with E-state index in [-0.39, 0.29) is 6.42 Å². The van der Waals surface area contributed by atoms with Gasteiger partial charge in [0.15, 0.2) is 5.16 Å². The molecular weight excluding hydrogens is 233 g/mol. The summed E-state index contributed by atoms with van der Waals surface area (Å²) in [6.07, 6.45) is 3.87. The highest BCUT2D eigenvalue weighted by molar-refractivity contribution is 7.55. The first-order valence-corrected chi connectivity index (χ1v) is 6.12. The smallest absolute Gasteiger partial charge is 0.347 e. The van der Waals surface area contributed by atoms with E-state index in [2.05, 4.69) is 4.98 Å². The molecule has 0 aromatic carbocycles. The number of hydrogen-bond donors (Lipinski definition) is 4. The number of fused-ring (bicyclic) bond motifs is 1. The van der Waals surface area contributed by atoms with Crippen molar-refractivity contribution in [2.45, 2.75) is 11.6 Å². The highest BCUT2D eigenvalue weighted by atomic mass is 31.2. The van der Waals surface area contributed by atoms with E-state index >= 15 is 0 Å². The number of rotatable bonds is 2. The summed E-state index contributed by atoms with van der Waals surface area (Å²) in [5.41, 5.74) is 1.28. The van der Waals surface area contributed by atoms with Gasteiger partial charge in [0.2, 0.25) is 0 Å². The molecule has 1 unspecified atom stereocenters. The zero-order valence-electron chi connectivity index (χ0n) is 8.12. The number of H-pyrrole nitrogens is 1. The number of carbonyl (C=O) groups is 1. The quantitative estimate of drug-likeness (QED) is 0.568. The zero-order valence-corrected chi connectivity index (χ0v) is 9.02. The number of aromatic nitrogens is 1. The SMILES string of the molecule is O=C(O)C1(P(=O)(O)O)C=Cc2cc[nH]c2C1. The van der Waals surface area contributed by atoms with Gasteiger partial charge >= 0.3 is 13.6 Å². The van der Waals surface area contributed by atoms with Crippen LogP contribution in [-0.4, -0.2) is 31.0 Å². The first-order chi connectivity index (χ1) is 7.37. The van der Waals surface area contributed by atoms with E-state index < -0.39 is 18.7 Å². The Bertz CT molecular complexity index is 514. The van der Waals surface area contributed by atoms with Crippen LogP contribution < -0.4 is 0 Å². The number of carboxylic acids is 1. The third-order valence-electron chi connectivity index (χ3n) is 2.74. The number of aromatic amines is 1. The lowest BCUT2D eigenvalue weighted by atomic mass is 9.94. The van der Waals surface area contributed by atoms with Crippen molar-refractivity contribution in [3.8, 4) is 0 Å². The Morgan fingerprint density at radius 3 is 2.75 bits per heavy atom. The van der Waals surface area contributed by atoms with Gasteiger partial charge in [-0.05, 0) is 11.6 Å². The molecule has 1 aliphatic carbocycles. The second kappa shape index (κ2) is 3.31. The maximum absolute atomic E-state index is 11.3. The Hall–Kier alpha value is -1.36. The van der Waals surface area contributed by atoms with E-state index in [1.165, 1.54) is 6.08 Å². The summed E-state index contributed by atoms with van der Waals surface area (Å²) in [4.78, 5) is 32.3. The summed E-state index contributed by atoms with van der Waals surface area (Å²) in [5.74, 6) is -1.52. The molecule has 1 aromatic rings. The third-order valence-corrected chi connectivity index (χ3v) is 4.28. The minimum Gasteiger partial charge on any atom is -0.480 e. The second-order valence-electron chi connectivity index (χ2n) is 3.70. The molecule has 2 rings (SSSR count). The van der Waals surface area contributed by atoms with E-state index in [0.717, 1.165) is 11.6 Å². The number of aliphatic carboxylic acids is 1. The maximum Gasteiger partial charge on any atom is 0.347 e. The molecule has 0 saturated heterocycles. The summed E-state index contributed by atoms with van der Waals surface area (Å²) in [6, 6.07) is 1.72. The molecule has 0 radical (unpaired) electrons. The average molecular weight is 243 g/mol. The summed E-state index contributed by atoms with van der Waals surface area (Å²) in [5, 5.41) is 6.88. The minimum atomic E-state index is -4.77. The molecule has 0 fully saturated rings. The number of nitrogens with one attached hydrogen (secondary N) is 1. The van der Waals surface area contributed by atoms with Gasteiger partial charge < -0.3 is 19.9 Å². The molecule has 0 saturated carbocycles. The first-order valence-electron chi connectivity index (χ1n) is 4.51. The Morgan fingerprint density at radius 2 is 2.19 bits per heavy atom. The molecule has 0 amide bonds. The topological polar surface area (TPSA) is 111 Å². The Morgan fingerprint density at radius 1 is 1.50 bits per heavy atom. The fourth-order valence-electron chi connectivity index (χ4n) is 1.75. The Balaban J connectivity index is 2.55. The third kappa shape index (κ3) is 1.43. The molecule has 7 heteroatoms. The van der Waals surface area contributed by atoms with Crippen molar-refractivity contribution in [3.05, 3.63) is 29.6 Å². The van der Waals surface area contributed by atoms with Crippen LogP contribution in [0, 0.1) is 0 Å². The normalized spacial score (nSPS) is 24.1. The molecule has 0 bridgehead atoms. The van der Waals surface area contributed by atoms with Gasteiger partial charge in [0.1, 0.15) is 0 Å². The van der Waals surface area contributed by atoms with Gasteiger partial charge in [-0.3, -0.25) is 9.36 Å². The zero-order chi connectivity index (χ0) is 12.0. The number of hydrogen-bond acceptors (Lipinski definition) is 2. The van der Waals surface area contributed by atoms with Crippen LogP contribution in [0.3, 0.4) is 0 Å². The molecule has 1 aliphatic rings. The molecule has 1 aromatic heterocycles. The summed E-state index contributed by atoms with van der Waals surface area (Å²) in [6.45, 7) is 0. The van der Waals surface area contributed by atoms with E-state index in [4.69, 9.17) is 5.11 Å². The Kier molecular flexibility index (Phi) is 2.31. The average Bonchev–Trinajstić information content (AvgIpc) is 2.61. The van der Waals surface area contributed by atoms with Crippen LogP contribution in [0.2, 0.25) is 0 Å². The molecule has 6 nitrogen and oxygen atoms in total. The van der Waals surface area contributed by atoms with Crippen molar-refractivity contribution in [2.75, 3.05) is 0 Å². The Labute approximate surface area is 90.8 Å². The van der Waals surface area contributed by atoms with Crippen LogP contribution in [0.15, 0.2) is 18.3 Å². The lowest BCUT2D eigenvalue weighted by molar-refractivity contribution is -0.139. The molecule has 1 atom stereocenters. The number of carboxylic acid groups (broad SMARTS) is 1. The first kappa shape index (κ1) is 11.1. The molecule has 0 spiro atoms. The minimum absolute atomic E-state index is 0.231. The van der Waals surface area contributed by atoms with E-state index in [9.17, 15) is 19.1 Å². The van der Waals surface area contributed by atoms with Crippen LogP contribution in [0.5, 0.6) is 0 Å². The van der Waals surface area contributed by atoms with Crippen LogP contribution in [-0.2, 0) is 15.8 Å². The van der Waals surface area contributed by atoms with Gasteiger partial charge in [0.25, 0.3) is 0 Å². The van der Waals surface area contributed by atoms with Gasteiger partial charge in [0, 0.05) is 18.3 Å². The lowest BCUT2D eigenvalue weighted by Crippen LogP contribution is -2.40. The van der Waals surface area contributed by atoms with E-state index in [1.807, 2.05) is 0 Å². The van der Waals surface area contributed by atoms with Gasteiger partial charge in [-0.2, -0.15) is 0 Å². The van der Waals surface area contributed by atoms with Crippen LogP contribution in [0.1, 0.15) is 11.3 Å². The highest BCUT2D eigenvalue weighted by Gasteiger charge is 2.53. The fraction of sp³-hybridized carbons (Fsp3) is 0.222. The molecule has 86 valence electrons. The van der Waals surface area contributed by atoms with Crippen molar-refractivity contribution in [2.24, 2.45) is 0 Å². The lowest BCUT2D eigenvalue weighted by Gasteiger charge is -2.29. The summed E-state index contributed by atoms with van der Waals surface area (Å²) < 4.78 is 11.3. The predicted molar refractivity (Wildman–Crippen MR) is 55.9 cm³/mol. The van der Waals surface area contributed by atoms with Crippen LogP contribution in [0.4, 0.5) is 0 Å². The molecule has 1 heterocycles. The predicted octanol–water partition coefficient (Wildman–Crippen LogP) is 0.585. The standard InChI is InChI=1S/C9H10NO5P/c11-8(12)9(16(13,14)15)3-1-6-2-4-10-7(6)5-9/h1-4,10H,5H2,(H,11,12)(H2,13,14,15). The van der Waals surface area contributed by atoms with Crippen LogP contribution >= 0.6 is 7.60 Å². The molecular formula is C9H10NO5P. The van der Waals surface area contributed by atoms with E-state index in [1.54, 1.807) is 12.3 Å². The molecule has 16 heavy (non-hydrogen) atoms. The van der Waals surface area contributed by atoms with Crippen molar-refractivity contribution < 1.29 is 24.3 Å². The van der Waals surface area contributed by atoms with Crippen molar-refractivity contribution in [1.29, 1.82) is 0 Å². The molecule has 4 N–H and O–H groups in total. The van der Waals surface area contributed by atoms with Gasteiger partial charge in [0.05, 0.1) is 0 Å². The van der Waals surface area contributed by atoms with E-state index in [0.29, 0.717) is 5.69 Å². The monoisotopic (exact) mass is 243 g/mol. The maximum atomic E-state index is 11.3. The van der Waals surface area contributed by atoms with Gasteiger partial charge in [-0.25, -0.2) is 0 Å². The van der Waals surface area contributed by atoms with Gasteiger partial charge in [-0.1, -0.05) is 12.2 Å². The molecule has 0 aliphatic heterocycles. The van der Waals surface area contributed by atoms with Crippen molar-refractivity contribution >= 4 is 19.6 Å². The van der Waals surface area contributed by atoms with Crippen molar-refractivity contribution in [1.82, 2.24) is 4.98 Å². The fourth-order valence-corrected chi connectivity index (χ4v) is 2.63. The summed E-state index contributed by atoms with van der Waals surface area (Å²) in [7, 11) is -4.77. The highest BCUT2D eigenvalue weighted by Crippen LogP contribution is 2.55.